The summed E-state index contributed by atoms with van der Waals surface area (Å²) in [6, 6.07) is 7.91. The van der Waals surface area contributed by atoms with Gasteiger partial charge in [0, 0.05) is 0 Å². The first kappa shape index (κ1) is 12.8. The number of carbonyl (C=O) groups is 1. The van der Waals surface area contributed by atoms with Crippen molar-refractivity contribution in [3.05, 3.63) is 35.4 Å². The molecule has 0 saturated carbocycles. The molecule has 0 saturated heterocycles. The highest BCUT2D eigenvalue weighted by atomic mass is 16.6. The minimum atomic E-state index is -0.423. The van der Waals surface area contributed by atoms with Crippen LogP contribution in [0.5, 0.6) is 0 Å². The predicted molar refractivity (Wildman–Crippen MR) is 65.4 cm³/mol. The predicted octanol–water partition coefficient (Wildman–Crippen LogP) is 3.44. The van der Waals surface area contributed by atoms with Crippen molar-refractivity contribution in [2.45, 2.75) is 46.1 Å². The maximum atomic E-state index is 11.9. The summed E-state index contributed by atoms with van der Waals surface area (Å²) in [4.78, 5) is 11.9. The second-order valence-corrected chi connectivity index (χ2v) is 5.11. The quantitative estimate of drug-likeness (QED) is 0.714. The zero-order valence-electron chi connectivity index (χ0n) is 10.7. The van der Waals surface area contributed by atoms with E-state index in [1.54, 1.807) is 0 Å². The van der Waals surface area contributed by atoms with E-state index in [1.807, 2.05) is 58.9 Å². The van der Waals surface area contributed by atoms with E-state index < -0.39 is 5.60 Å². The fourth-order valence-electron chi connectivity index (χ4n) is 1.59. The third-order valence-electron chi connectivity index (χ3n) is 2.42. The van der Waals surface area contributed by atoms with Gasteiger partial charge in [-0.2, -0.15) is 0 Å². The molecule has 0 aliphatic carbocycles. The van der Waals surface area contributed by atoms with Crippen LogP contribution in [-0.2, 0) is 9.53 Å². The van der Waals surface area contributed by atoms with Gasteiger partial charge in [0.2, 0.25) is 0 Å². The Hall–Kier alpha value is -1.31. The molecule has 1 atom stereocenters. The molecule has 0 fully saturated rings. The van der Waals surface area contributed by atoms with Crippen LogP contribution in [0.2, 0.25) is 0 Å². The molecule has 0 heterocycles. The zero-order chi connectivity index (χ0) is 12.3. The van der Waals surface area contributed by atoms with Gasteiger partial charge in [-0.3, -0.25) is 4.79 Å². The summed E-state index contributed by atoms with van der Waals surface area (Å²) in [5.41, 5.74) is 1.74. The normalized spacial score (nSPS) is 13.3. The van der Waals surface area contributed by atoms with Gasteiger partial charge in [-0.15, -0.1) is 0 Å². The van der Waals surface area contributed by atoms with Crippen LogP contribution in [0.15, 0.2) is 24.3 Å². The molecule has 1 aromatic carbocycles. The Balaban J connectivity index is 2.83. The molecule has 0 aliphatic rings. The van der Waals surface area contributed by atoms with Gasteiger partial charge in [0.05, 0.1) is 5.92 Å². The third kappa shape index (κ3) is 3.37. The van der Waals surface area contributed by atoms with Crippen LogP contribution < -0.4 is 0 Å². The summed E-state index contributed by atoms with van der Waals surface area (Å²) in [5, 5.41) is 0. The van der Waals surface area contributed by atoms with E-state index in [1.165, 1.54) is 0 Å². The lowest BCUT2D eigenvalue weighted by Gasteiger charge is -2.23. The summed E-state index contributed by atoms with van der Waals surface area (Å²) < 4.78 is 5.37. The lowest BCUT2D eigenvalue weighted by atomic mass is 9.96. The number of benzene rings is 1. The van der Waals surface area contributed by atoms with Crippen molar-refractivity contribution in [2.75, 3.05) is 0 Å². The van der Waals surface area contributed by atoms with Gasteiger partial charge in [0.15, 0.2) is 0 Å². The summed E-state index contributed by atoms with van der Waals surface area (Å²) >= 11 is 0. The zero-order valence-corrected chi connectivity index (χ0v) is 10.7. The summed E-state index contributed by atoms with van der Waals surface area (Å²) in [6.07, 6.45) is 0. The van der Waals surface area contributed by atoms with E-state index in [-0.39, 0.29) is 11.9 Å². The highest BCUT2D eigenvalue weighted by molar-refractivity contribution is 5.78. The van der Waals surface area contributed by atoms with Crippen molar-refractivity contribution in [3.8, 4) is 0 Å². The van der Waals surface area contributed by atoms with E-state index in [0.29, 0.717) is 0 Å². The van der Waals surface area contributed by atoms with Gasteiger partial charge < -0.3 is 4.74 Å². The number of esters is 1. The standard InChI is InChI=1S/C14H20O2/c1-10-8-6-7-9-12(10)11(2)13(15)16-14(3,4)5/h6-9,11H,1-5H3/t11-/m0/s1. The van der Waals surface area contributed by atoms with Crippen molar-refractivity contribution >= 4 is 5.97 Å². The molecular weight excluding hydrogens is 200 g/mol. The first-order chi connectivity index (χ1) is 7.31. The Bertz CT molecular complexity index is 375. The van der Waals surface area contributed by atoms with Crippen LogP contribution in [0.4, 0.5) is 0 Å². The fraction of sp³-hybridized carbons (Fsp3) is 0.500. The van der Waals surface area contributed by atoms with E-state index in [9.17, 15) is 4.79 Å². The van der Waals surface area contributed by atoms with E-state index in [0.717, 1.165) is 11.1 Å². The van der Waals surface area contributed by atoms with Crippen LogP contribution in [0.25, 0.3) is 0 Å². The van der Waals surface area contributed by atoms with Crippen molar-refractivity contribution in [2.24, 2.45) is 0 Å². The lowest BCUT2D eigenvalue weighted by Crippen LogP contribution is -2.27. The van der Waals surface area contributed by atoms with Crippen molar-refractivity contribution in [3.63, 3.8) is 0 Å². The van der Waals surface area contributed by atoms with Crippen LogP contribution in [0.1, 0.15) is 44.7 Å². The number of aryl methyl sites for hydroxylation is 1. The SMILES string of the molecule is Cc1ccccc1[C@H](C)C(=O)OC(C)(C)C. The molecule has 1 rings (SSSR count). The molecule has 2 nitrogen and oxygen atoms in total. The first-order valence-corrected chi connectivity index (χ1v) is 5.59. The number of hydrogen-bond donors (Lipinski definition) is 0. The molecule has 0 aromatic heterocycles. The smallest absolute Gasteiger partial charge is 0.313 e. The largest absolute Gasteiger partial charge is 0.460 e. The number of rotatable bonds is 2. The van der Waals surface area contributed by atoms with Gasteiger partial charge in [-0.05, 0) is 45.7 Å². The summed E-state index contributed by atoms with van der Waals surface area (Å²) in [6.45, 7) is 9.55. The molecule has 0 radical (unpaired) electrons. The molecule has 16 heavy (non-hydrogen) atoms. The molecule has 2 heteroatoms. The summed E-state index contributed by atoms with van der Waals surface area (Å²) in [5.74, 6) is -0.373. The maximum Gasteiger partial charge on any atom is 0.313 e. The highest BCUT2D eigenvalue weighted by Crippen LogP contribution is 2.22. The van der Waals surface area contributed by atoms with E-state index >= 15 is 0 Å². The molecule has 0 spiro atoms. The molecule has 0 bridgehead atoms. The Labute approximate surface area is 97.6 Å². The van der Waals surface area contributed by atoms with Crippen LogP contribution in [0.3, 0.4) is 0 Å². The lowest BCUT2D eigenvalue weighted by molar-refractivity contribution is -0.156. The number of ether oxygens (including phenoxy) is 1. The van der Waals surface area contributed by atoms with Gasteiger partial charge in [-0.25, -0.2) is 0 Å². The number of hydrogen-bond acceptors (Lipinski definition) is 2. The molecule has 0 aliphatic heterocycles. The van der Waals surface area contributed by atoms with Gasteiger partial charge >= 0.3 is 5.97 Å². The van der Waals surface area contributed by atoms with Gasteiger partial charge in [0.25, 0.3) is 0 Å². The molecule has 1 aromatic rings. The molecule has 0 unspecified atom stereocenters. The number of carbonyl (C=O) groups excluding carboxylic acids is 1. The average Bonchev–Trinajstić information content (AvgIpc) is 2.15. The highest BCUT2D eigenvalue weighted by Gasteiger charge is 2.23. The molecule has 0 N–H and O–H groups in total. The monoisotopic (exact) mass is 220 g/mol. The van der Waals surface area contributed by atoms with Crippen molar-refractivity contribution < 1.29 is 9.53 Å². The first-order valence-electron chi connectivity index (χ1n) is 5.59. The fourth-order valence-corrected chi connectivity index (χ4v) is 1.59. The van der Waals surface area contributed by atoms with Gasteiger partial charge in [0.1, 0.15) is 5.60 Å². The Morgan fingerprint density at radius 2 is 1.81 bits per heavy atom. The van der Waals surface area contributed by atoms with Gasteiger partial charge in [-0.1, -0.05) is 24.3 Å². The average molecular weight is 220 g/mol. The Kier molecular flexibility index (Phi) is 3.74. The molecule has 0 amide bonds. The Morgan fingerprint density at radius 1 is 1.25 bits per heavy atom. The third-order valence-corrected chi connectivity index (χ3v) is 2.42. The summed E-state index contributed by atoms with van der Waals surface area (Å²) in [7, 11) is 0. The maximum absolute atomic E-state index is 11.9. The minimum absolute atomic E-state index is 0.165. The van der Waals surface area contributed by atoms with Crippen LogP contribution >= 0.6 is 0 Å². The second kappa shape index (κ2) is 4.69. The Morgan fingerprint density at radius 3 is 2.31 bits per heavy atom. The van der Waals surface area contributed by atoms with Crippen molar-refractivity contribution in [1.82, 2.24) is 0 Å². The van der Waals surface area contributed by atoms with Crippen LogP contribution in [-0.4, -0.2) is 11.6 Å². The van der Waals surface area contributed by atoms with Crippen LogP contribution in [0, 0.1) is 6.92 Å². The molecule has 88 valence electrons. The molecular formula is C14H20O2. The second-order valence-electron chi connectivity index (χ2n) is 5.11. The van der Waals surface area contributed by atoms with Crippen molar-refractivity contribution in [1.29, 1.82) is 0 Å². The van der Waals surface area contributed by atoms with E-state index in [4.69, 9.17) is 4.74 Å². The van der Waals surface area contributed by atoms with E-state index in [2.05, 4.69) is 0 Å². The minimum Gasteiger partial charge on any atom is -0.460 e. The topological polar surface area (TPSA) is 26.3 Å².